The molecule has 0 N–H and O–H groups in total. The van der Waals surface area contributed by atoms with Gasteiger partial charge in [-0.05, 0) is 25.7 Å². The van der Waals surface area contributed by atoms with Gasteiger partial charge in [0, 0.05) is 12.8 Å². The summed E-state index contributed by atoms with van der Waals surface area (Å²) in [5, 5.41) is 0. The van der Waals surface area contributed by atoms with E-state index in [2.05, 4.69) is 25.7 Å². The van der Waals surface area contributed by atoms with Gasteiger partial charge in [0.1, 0.15) is 13.2 Å². The zero-order chi connectivity index (χ0) is 22.1. The van der Waals surface area contributed by atoms with Crippen molar-refractivity contribution in [1.29, 1.82) is 0 Å². The van der Waals surface area contributed by atoms with Crippen molar-refractivity contribution in [3.05, 3.63) is 0 Å². The van der Waals surface area contributed by atoms with E-state index < -0.39 is 5.41 Å². The molecule has 0 heterocycles. The maximum atomic E-state index is 12.5. The first-order chi connectivity index (χ1) is 13.9. The lowest BCUT2D eigenvalue weighted by Gasteiger charge is -2.30. The van der Waals surface area contributed by atoms with E-state index in [1.807, 2.05) is 13.8 Å². The monoisotopic (exact) mass is 404 g/mol. The van der Waals surface area contributed by atoms with Crippen LogP contribution in [0, 0.1) is 41.9 Å². The minimum Gasteiger partial charge on any atom is -0.465 e. The van der Waals surface area contributed by atoms with Crippen molar-refractivity contribution in [3.8, 4) is 24.7 Å². The van der Waals surface area contributed by atoms with Crippen LogP contribution in [0.25, 0.3) is 0 Å². The number of carbonyl (C=O) groups excluding carboxylic acids is 2. The molecule has 4 heteroatoms. The van der Waals surface area contributed by atoms with E-state index in [1.54, 1.807) is 0 Å². The van der Waals surface area contributed by atoms with Gasteiger partial charge < -0.3 is 9.47 Å². The van der Waals surface area contributed by atoms with Crippen LogP contribution in [0.15, 0.2) is 0 Å². The minimum atomic E-state index is -0.735. The maximum absolute atomic E-state index is 12.5. The number of rotatable bonds is 16. The molecule has 0 aliphatic rings. The van der Waals surface area contributed by atoms with Crippen molar-refractivity contribution in [2.45, 2.75) is 91.9 Å². The Balaban J connectivity index is 5.09. The smallest absolute Gasteiger partial charge is 0.308 e. The fraction of sp³-hybridized carbons (Fsp3) is 0.760. The van der Waals surface area contributed by atoms with Gasteiger partial charge in [-0.3, -0.25) is 9.59 Å². The average molecular weight is 405 g/mol. The quantitative estimate of drug-likeness (QED) is 0.250. The summed E-state index contributed by atoms with van der Waals surface area (Å²) >= 11 is 0. The van der Waals surface area contributed by atoms with E-state index in [0.29, 0.717) is 0 Å². The highest BCUT2D eigenvalue weighted by Crippen LogP contribution is 2.29. The first kappa shape index (κ1) is 27.1. The standard InChI is InChI=1S/C25H40O4/c1-7-13-15-21(11-5)23(26)28-19-25(17-9-3,18-10-4)20-29-24(27)22(12-6)16-14-8-2/h3-4,21-22H,7-8,11-20H2,1-2,5-6H3. The normalized spacial score (nSPS) is 13.0. The molecule has 0 saturated carbocycles. The molecule has 29 heavy (non-hydrogen) atoms. The summed E-state index contributed by atoms with van der Waals surface area (Å²) in [7, 11) is 0. The Morgan fingerprint density at radius 3 is 1.45 bits per heavy atom. The first-order valence-corrected chi connectivity index (χ1v) is 11.1. The molecule has 0 fully saturated rings. The van der Waals surface area contributed by atoms with Crippen LogP contribution in [-0.4, -0.2) is 25.2 Å². The number of esters is 2. The molecule has 0 aliphatic heterocycles. The van der Waals surface area contributed by atoms with E-state index in [4.69, 9.17) is 22.3 Å². The molecule has 0 bridgehead atoms. The van der Waals surface area contributed by atoms with Gasteiger partial charge in [0.25, 0.3) is 0 Å². The van der Waals surface area contributed by atoms with Crippen molar-refractivity contribution in [1.82, 2.24) is 0 Å². The van der Waals surface area contributed by atoms with Crippen LogP contribution >= 0.6 is 0 Å². The summed E-state index contributed by atoms with van der Waals surface area (Å²) in [6.45, 7) is 8.31. The molecular formula is C25H40O4. The molecule has 0 aliphatic carbocycles. The predicted octanol–water partition coefficient (Wildman–Crippen LogP) is 5.54. The van der Waals surface area contributed by atoms with Crippen molar-refractivity contribution >= 4 is 11.9 Å². The second-order valence-corrected chi connectivity index (χ2v) is 7.97. The maximum Gasteiger partial charge on any atom is 0.308 e. The van der Waals surface area contributed by atoms with E-state index >= 15 is 0 Å². The summed E-state index contributed by atoms with van der Waals surface area (Å²) in [6.07, 6.45) is 18.8. The Hall–Kier alpha value is -1.94. The number of ether oxygens (including phenoxy) is 2. The number of unbranched alkanes of at least 4 members (excludes halogenated alkanes) is 2. The third-order valence-corrected chi connectivity index (χ3v) is 5.46. The van der Waals surface area contributed by atoms with Gasteiger partial charge in [0.05, 0.1) is 17.3 Å². The second-order valence-electron chi connectivity index (χ2n) is 7.97. The number of terminal acetylenes is 2. The lowest BCUT2D eigenvalue weighted by molar-refractivity contribution is -0.159. The van der Waals surface area contributed by atoms with Gasteiger partial charge in [-0.15, -0.1) is 24.7 Å². The summed E-state index contributed by atoms with van der Waals surface area (Å²) in [5.74, 6) is 4.55. The number of carbonyl (C=O) groups is 2. The van der Waals surface area contributed by atoms with Gasteiger partial charge in [0.15, 0.2) is 0 Å². The van der Waals surface area contributed by atoms with Crippen molar-refractivity contribution < 1.29 is 19.1 Å². The number of hydrogen-bond donors (Lipinski definition) is 0. The summed E-state index contributed by atoms with van der Waals surface area (Å²) in [6, 6.07) is 0. The first-order valence-electron chi connectivity index (χ1n) is 11.1. The largest absolute Gasteiger partial charge is 0.465 e. The molecule has 0 radical (unpaired) electrons. The van der Waals surface area contributed by atoms with Crippen molar-refractivity contribution in [3.63, 3.8) is 0 Å². The topological polar surface area (TPSA) is 52.6 Å². The Bertz CT molecular complexity index is 502. The highest BCUT2D eigenvalue weighted by atomic mass is 16.5. The molecule has 0 aromatic heterocycles. The third kappa shape index (κ3) is 10.4. The van der Waals surface area contributed by atoms with Crippen LogP contribution in [0.1, 0.15) is 91.9 Å². The molecule has 4 nitrogen and oxygen atoms in total. The zero-order valence-corrected chi connectivity index (χ0v) is 18.9. The molecule has 0 saturated heterocycles. The fourth-order valence-corrected chi connectivity index (χ4v) is 3.30. The Labute approximate surface area is 178 Å². The SMILES string of the molecule is C#CCC(CC#C)(COC(=O)C(CC)CCCC)COC(=O)C(CC)CCCC. The van der Waals surface area contributed by atoms with Crippen molar-refractivity contribution in [2.24, 2.45) is 17.3 Å². The Kier molecular flexibility index (Phi) is 14.9. The van der Waals surface area contributed by atoms with Gasteiger partial charge in [-0.2, -0.15) is 0 Å². The van der Waals surface area contributed by atoms with Gasteiger partial charge in [-0.25, -0.2) is 0 Å². The Morgan fingerprint density at radius 1 is 0.793 bits per heavy atom. The van der Waals surface area contributed by atoms with Crippen LogP contribution in [0.3, 0.4) is 0 Å². The molecule has 2 unspecified atom stereocenters. The highest BCUT2D eigenvalue weighted by molar-refractivity contribution is 5.73. The van der Waals surface area contributed by atoms with Crippen molar-refractivity contribution in [2.75, 3.05) is 13.2 Å². The highest BCUT2D eigenvalue weighted by Gasteiger charge is 2.34. The van der Waals surface area contributed by atoms with E-state index in [-0.39, 0.29) is 49.8 Å². The Morgan fingerprint density at radius 2 is 1.17 bits per heavy atom. The lowest BCUT2D eigenvalue weighted by atomic mass is 9.83. The zero-order valence-electron chi connectivity index (χ0n) is 18.9. The average Bonchev–Trinajstić information content (AvgIpc) is 2.72. The predicted molar refractivity (Wildman–Crippen MR) is 118 cm³/mol. The summed E-state index contributed by atoms with van der Waals surface area (Å²) in [4.78, 5) is 25.0. The summed E-state index contributed by atoms with van der Waals surface area (Å²) in [5.41, 5.74) is -0.735. The van der Waals surface area contributed by atoms with Crippen LogP contribution in [0.5, 0.6) is 0 Å². The number of hydrogen-bond acceptors (Lipinski definition) is 4. The van der Waals surface area contributed by atoms with Crippen LogP contribution in [-0.2, 0) is 19.1 Å². The molecule has 0 amide bonds. The molecule has 0 rings (SSSR count). The molecule has 2 atom stereocenters. The van der Waals surface area contributed by atoms with E-state index in [9.17, 15) is 9.59 Å². The minimum absolute atomic E-state index is 0.0713. The fourth-order valence-electron chi connectivity index (χ4n) is 3.30. The van der Waals surface area contributed by atoms with Gasteiger partial charge in [0.2, 0.25) is 0 Å². The molecule has 0 spiro atoms. The van der Waals surface area contributed by atoms with E-state index in [1.165, 1.54) is 0 Å². The van der Waals surface area contributed by atoms with E-state index in [0.717, 1.165) is 51.4 Å². The second kappa shape index (κ2) is 15.9. The molecule has 0 aromatic rings. The summed E-state index contributed by atoms with van der Waals surface area (Å²) < 4.78 is 11.3. The van der Waals surface area contributed by atoms with Crippen LogP contribution < -0.4 is 0 Å². The lowest BCUT2D eigenvalue weighted by Crippen LogP contribution is -2.36. The van der Waals surface area contributed by atoms with Crippen LogP contribution in [0.2, 0.25) is 0 Å². The molecular weight excluding hydrogens is 364 g/mol. The van der Waals surface area contributed by atoms with Gasteiger partial charge >= 0.3 is 11.9 Å². The van der Waals surface area contributed by atoms with Gasteiger partial charge in [-0.1, -0.05) is 53.4 Å². The third-order valence-electron chi connectivity index (χ3n) is 5.46. The molecule has 164 valence electrons. The molecule has 0 aromatic carbocycles. The van der Waals surface area contributed by atoms with Crippen LogP contribution in [0.4, 0.5) is 0 Å².